The minimum Gasteiger partial charge on any atom is -0.456 e. The number of aromatic nitrogens is 4. The van der Waals surface area contributed by atoms with Crippen molar-refractivity contribution in [2.45, 2.75) is 0 Å². The molecule has 10 rings (SSSR count). The molecule has 0 fully saturated rings. The highest BCUT2D eigenvalue weighted by Crippen LogP contribution is 2.42. The fraction of sp³-hybridized carbons (Fsp3) is 0. The van der Waals surface area contributed by atoms with Crippen LogP contribution in [0.2, 0.25) is 0 Å². The predicted molar refractivity (Wildman–Crippen MR) is 191 cm³/mol. The van der Waals surface area contributed by atoms with Gasteiger partial charge in [-0.05, 0) is 46.7 Å². The fourth-order valence-corrected chi connectivity index (χ4v) is 6.73. The van der Waals surface area contributed by atoms with Gasteiger partial charge in [0, 0.05) is 56.2 Å². The zero-order chi connectivity index (χ0) is 31.6. The summed E-state index contributed by atoms with van der Waals surface area (Å²) in [5.41, 5.74) is 7.65. The highest BCUT2D eigenvalue weighted by atomic mass is 16.3. The first-order chi connectivity index (χ1) is 23.8. The summed E-state index contributed by atoms with van der Waals surface area (Å²) in [5.74, 6) is 1.73. The molecular formula is C42H24N4O2. The fourth-order valence-electron chi connectivity index (χ4n) is 6.73. The predicted octanol–water partition coefficient (Wildman–Crippen LogP) is 10.9. The average molecular weight is 617 g/mol. The van der Waals surface area contributed by atoms with Crippen LogP contribution >= 0.6 is 0 Å². The second-order valence-corrected chi connectivity index (χ2v) is 11.9. The quantitative estimate of drug-likeness (QED) is 0.196. The van der Waals surface area contributed by atoms with Crippen LogP contribution in [-0.2, 0) is 0 Å². The van der Waals surface area contributed by atoms with E-state index in [-0.39, 0.29) is 0 Å². The van der Waals surface area contributed by atoms with Crippen molar-refractivity contribution in [1.82, 2.24) is 19.9 Å². The van der Waals surface area contributed by atoms with E-state index in [1.807, 2.05) is 72.9 Å². The summed E-state index contributed by atoms with van der Waals surface area (Å²) in [4.78, 5) is 19.7. The maximum Gasteiger partial charge on any atom is 0.164 e. The van der Waals surface area contributed by atoms with Gasteiger partial charge in [0.05, 0.1) is 0 Å². The van der Waals surface area contributed by atoms with Crippen molar-refractivity contribution < 1.29 is 8.83 Å². The lowest BCUT2D eigenvalue weighted by molar-refractivity contribution is 0.668. The number of rotatable bonds is 4. The number of furan rings is 2. The van der Waals surface area contributed by atoms with E-state index in [2.05, 4.69) is 71.7 Å². The molecule has 0 saturated carbocycles. The first-order valence-electron chi connectivity index (χ1n) is 15.8. The Morgan fingerprint density at radius 3 is 2.08 bits per heavy atom. The molecule has 0 spiro atoms. The lowest BCUT2D eigenvalue weighted by atomic mass is 9.97. The Labute approximate surface area is 274 Å². The van der Waals surface area contributed by atoms with E-state index in [4.69, 9.17) is 23.8 Å². The molecule has 0 aliphatic rings. The van der Waals surface area contributed by atoms with E-state index in [9.17, 15) is 0 Å². The number of pyridine rings is 1. The van der Waals surface area contributed by atoms with Gasteiger partial charge >= 0.3 is 0 Å². The molecule has 6 heteroatoms. The van der Waals surface area contributed by atoms with Crippen LogP contribution in [0.3, 0.4) is 0 Å². The minimum absolute atomic E-state index is 0.544. The van der Waals surface area contributed by atoms with Gasteiger partial charge in [0.15, 0.2) is 17.5 Å². The Hall–Kier alpha value is -6.66. The Bertz CT molecular complexity index is 2850. The summed E-state index contributed by atoms with van der Waals surface area (Å²) in [6.45, 7) is 0. The molecule has 4 heterocycles. The first-order valence-corrected chi connectivity index (χ1v) is 15.8. The van der Waals surface area contributed by atoms with Crippen molar-refractivity contribution in [2.24, 2.45) is 0 Å². The summed E-state index contributed by atoms with van der Waals surface area (Å²) in [6.07, 6.45) is 3.59. The molecule has 0 radical (unpaired) electrons. The van der Waals surface area contributed by atoms with Crippen LogP contribution in [0, 0.1) is 0 Å². The van der Waals surface area contributed by atoms with E-state index < -0.39 is 0 Å². The zero-order valence-electron chi connectivity index (χ0n) is 25.5. The van der Waals surface area contributed by atoms with Crippen LogP contribution in [0.4, 0.5) is 0 Å². The van der Waals surface area contributed by atoms with Crippen molar-refractivity contribution in [2.75, 3.05) is 0 Å². The molecule has 0 aliphatic heterocycles. The molecule has 4 aromatic heterocycles. The van der Waals surface area contributed by atoms with Crippen molar-refractivity contribution >= 4 is 54.6 Å². The molecule has 224 valence electrons. The van der Waals surface area contributed by atoms with Gasteiger partial charge in [-0.15, -0.1) is 0 Å². The molecule has 0 unspecified atom stereocenters. The number of nitrogens with zero attached hydrogens (tertiary/aromatic N) is 4. The van der Waals surface area contributed by atoms with Crippen LogP contribution in [0.1, 0.15) is 0 Å². The van der Waals surface area contributed by atoms with E-state index in [1.165, 1.54) is 0 Å². The van der Waals surface area contributed by atoms with E-state index >= 15 is 0 Å². The third kappa shape index (κ3) is 4.20. The van der Waals surface area contributed by atoms with Crippen molar-refractivity contribution in [3.63, 3.8) is 0 Å². The van der Waals surface area contributed by atoms with E-state index in [0.29, 0.717) is 23.1 Å². The normalized spacial score (nSPS) is 11.8. The van der Waals surface area contributed by atoms with Gasteiger partial charge in [0.2, 0.25) is 0 Å². The van der Waals surface area contributed by atoms with Crippen LogP contribution in [-0.4, -0.2) is 19.9 Å². The first kappa shape index (κ1) is 26.5. The highest BCUT2D eigenvalue weighted by molar-refractivity contribution is 6.15. The van der Waals surface area contributed by atoms with Crippen LogP contribution in [0.15, 0.2) is 155 Å². The number of hydrogen-bond donors (Lipinski definition) is 0. The Kier molecular flexibility index (Phi) is 5.77. The third-order valence-corrected chi connectivity index (χ3v) is 9.00. The molecule has 0 aliphatic carbocycles. The smallest absolute Gasteiger partial charge is 0.164 e. The van der Waals surface area contributed by atoms with Gasteiger partial charge < -0.3 is 8.83 Å². The molecule has 10 aromatic rings. The van der Waals surface area contributed by atoms with E-state index in [1.54, 1.807) is 6.20 Å². The summed E-state index contributed by atoms with van der Waals surface area (Å²) >= 11 is 0. The SMILES string of the molecule is c1ccc(-c2nc(-c3ccc4ccccc4c3)nc(-c3cc(-c4cccc5c4oc4ccccc45)cc4oc5ccncc5c34)n2)cc1. The largest absolute Gasteiger partial charge is 0.456 e. The number of hydrogen-bond acceptors (Lipinski definition) is 6. The van der Waals surface area contributed by atoms with Gasteiger partial charge in [-0.3, -0.25) is 4.98 Å². The average Bonchev–Trinajstić information content (AvgIpc) is 3.73. The monoisotopic (exact) mass is 616 g/mol. The van der Waals surface area contributed by atoms with Crippen molar-refractivity contribution in [1.29, 1.82) is 0 Å². The summed E-state index contributed by atoms with van der Waals surface area (Å²) in [6, 6.07) is 45.1. The highest BCUT2D eigenvalue weighted by Gasteiger charge is 2.21. The Morgan fingerprint density at radius 1 is 0.417 bits per heavy atom. The molecule has 0 amide bonds. The van der Waals surface area contributed by atoms with Crippen molar-refractivity contribution in [3.8, 4) is 45.3 Å². The summed E-state index contributed by atoms with van der Waals surface area (Å²) in [7, 11) is 0. The molecule has 0 saturated heterocycles. The van der Waals surface area contributed by atoms with Crippen molar-refractivity contribution in [3.05, 3.63) is 146 Å². The van der Waals surface area contributed by atoms with Gasteiger partial charge in [0.1, 0.15) is 22.3 Å². The Morgan fingerprint density at radius 2 is 1.17 bits per heavy atom. The lowest BCUT2D eigenvalue weighted by Gasteiger charge is -2.11. The topological polar surface area (TPSA) is 77.8 Å². The lowest BCUT2D eigenvalue weighted by Crippen LogP contribution is -2.00. The summed E-state index contributed by atoms with van der Waals surface area (Å²) < 4.78 is 12.9. The maximum atomic E-state index is 6.48. The molecular weight excluding hydrogens is 592 g/mol. The van der Waals surface area contributed by atoms with Crippen LogP contribution in [0.25, 0.3) is 99.9 Å². The Balaban J connectivity index is 1.27. The number of para-hydroxylation sites is 2. The van der Waals surface area contributed by atoms with Gasteiger partial charge in [-0.25, -0.2) is 15.0 Å². The second kappa shape index (κ2) is 10.4. The van der Waals surface area contributed by atoms with E-state index in [0.717, 1.165) is 76.9 Å². The standard InChI is InChI=1S/C42H24N4O2/c1-2-10-26(11-3-1)40-44-41(28-18-17-25-9-4-5-12-27(25)21-28)46-42(45-40)33-22-29(23-37-38(33)34-24-43-20-19-36(34)47-37)30-14-8-15-32-31-13-6-7-16-35(31)48-39(30)32/h1-24H. The van der Waals surface area contributed by atoms with Gasteiger partial charge in [0.25, 0.3) is 0 Å². The maximum absolute atomic E-state index is 6.48. The molecule has 0 N–H and O–H groups in total. The van der Waals surface area contributed by atoms with Crippen LogP contribution < -0.4 is 0 Å². The van der Waals surface area contributed by atoms with Gasteiger partial charge in [-0.1, -0.05) is 103 Å². The molecule has 0 atom stereocenters. The summed E-state index contributed by atoms with van der Waals surface area (Å²) in [5, 5.41) is 6.20. The number of fused-ring (bicyclic) bond motifs is 7. The second-order valence-electron chi connectivity index (χ2n) is 11.9. The molecule has 6 aromatic carbocycles. The van der Waals surface area contributed by atoms with Gasteiger partial charge in [-0.2, -0.15) is 0 Å². The molecule has 0 bridgehead atoms. The third-order valence-electron chi connectivity index (χ3n) is 9.00. The molecule has 6 nitrogen and oxygen atoms in total. The zero-order valence-corrected chi connectivity index (χ0v) is 25.5. The molecule has 48 heavy (non-hydrogen) atoms. The number of benzene rings is 6. The minimum atomic E-state index is 0.544. The van der Waals surface area contributed by atoms with Crippen LogP contribution in [0.5, 0.6) is 0 Å².